The van der Waals surface area contributed by atoms with E-state index < -0.39 is 5.97 Å². The summed E-state index contributed by atoms with van der Waals surface area (Å²) in [6, 6.07) is 0.488. The van der Waals surface area contributed by atoms with E-state index in [1.54, 1.807) is 0 Å². The number of hydrogen-bond acceptors (Lipinski definition) is 6. The van der Waals surface area contributed by atoms with E-state index in [1.807, 2.05) is 0 Å². The summed E-state index contributed by atoms with van der Waals surface area (Å²) >= 11 is 0. The minimum absolute atomic E-state index is 0.0515. The highest BCUT2D eigenvalue weighted by Gasteiger charge is 2.48. The number of carboxylic acids is 1. The summed E-state index contributed by atoms with van der Waals surface area (Å²) < 4.78 is 0. The van der Waals surface area contributed by atoms with Gasteiger partial charge in [-0.05, 0) is 82.5 Å². The van der Waals surface area contributed by atoms with E-state index in [1.165, 1.54) is 0 Å². The lowest BCUT2D eigenvalue weighted by Gasteiger charge is -2.40. The van der Waals surface area contributed by atoms with Crippen LogP contribution in [-0.4, -0.2) is 70.9 Å². The molecule has 3 saturated carbocycles. The molecule has 4 rings (SSSR count). The molecular weight excluding hydrogens is 472 g/mol. The second kappa shape index (κ2) is 12.6. The predicted octanol–water partition coefficient (Wildman–Crippen LogP) is 1.56. The zero-order valence-electron chi connectivity index (χ0n) is 22.0. The van der Waals surface area contributed by atoms with Crippen LogP contribution in [0.4, 0.5) is 0 Å². The maximum Gasteiger partial charge on any atom is 0.305 e. The topological polar surface area (TPSA) is 175 Å². The van der Waals surface area contributed by atoms with E-state index in [0.717, 1.165) is 83.6 Å². The van der Waals surface area contributed by atoms with Crippen molar-refractivity contribution in [2.75, 3.05) is 13.1 Å². The van der Waals surface area contributed by atoms with Crippen LogP contribution in [0.1, 0.15) is 83.5 Å². The van der Waals surface area contributed by atoms with E-state index in [2.05, 4.69) is 15.5 Å². The van der Waals surface area contributed by atoms with E-state index in [9.17, 15) is 14.4 Å². The van der Waals surface area contributed by atoms with Crippen molar-refractivity contribution in [3.8, 4) is 0 Å². The standard InChI is InChI=1S/C27H46N6O4/c28-20-6-8-21(9-7-20)32-27(37)23-13-17-4-5-18(25(29)30)14-22(17)33(23)15-16-2-1-3-19(12-16)26(36)31-11-10-24(34)35/h16-23H,1-15,28H2,(H3,29,30)(H,31,36)(H,32,37)(H,34,35). The van der Waals surface area contributed by atoms with Gasteiger partial charge in [-0.25, -0.2) is 0 Å². The fourth-order valence-electron chi connectivity index (χ4n) is 7.34. The first-order valence-electron chi connectivity index (χ1n) is 14.4. The smallest absolute Gasteiger partial charge is 0.305 e. The highest BCUT2D eigenvalue weighted by atomic mass is 16.4. The number of nitrogens with two attached hydrogens (primary N) is 2. The molecule has 0 aromatic heterocycles. The van der Waals surface area contributed by atoms with Crippen LogP contribution in [0.15, 0.2) is 0 Å². The SMILES string of the molecule is N=C(N)C1CCC2CC(C(=O)NC3CCC(N)CC3)N(CC3CCCC(C(=O)NCCC(=O)O)C3)C2C1. The van der Waals surface area contributed by atoms with Gasteiger partial charge in [-0.15, -0.1) is 0 Å². The fraction of sp³-hybridized carbons (Fsp3) is 0.852. The number of rotatable bonds is 9. The number of likely N-dealkylation sites (tertiary alicyclic amines) is 1. The molecule has 0 spiro atoms. The fourth-order valence-corrected chi connectivity index (χ4v) is 7.34. The van der Waals surface area contributed by atoms with Gasteiger partial charge in [-0.2, -0.15) is 0 Å². The second-order valence-electron chi connectivity index (χ2n) is 12.0. The number of amides is 2. The molecule has 1 saturated heterocycles. The van der Waals surface area contributed by atoms with Crippen molar-refractivity contribution in [2.45, 2.75) is 108 Å². The third-order valence-corrected chi connectivity index (χ3v) is 9.43. The van der Waals surface area contributed by atoms with Crippen molar-refractivity contribution >= 4 is 23.6 Å². The van der Waals surface area contributed by atoms with E-state index in [-0.39, 0.29) is 66.6 Å². The van der Waals surface area contributed by atoms with Crippen LogP contribution in [0.2, 0.25) is 0 Å². The molecule has 0 aromatic rings. The van der Waals surface area contributed by atoms with Gasteiger partial charge < -0.3 is 27.2 Å². The zero-order chi connectivity index (χ0) is 26.5. The van der Waals surface area contributed by atoms with Gasteiger partial charge in [0.05, 0.1) is 18.3 Å². The van der Waals surface area contributed by atoms with Crippen LogP contribution in [0, 0.1) is 29.1 Å². The van der Waals surface area contributed by atoms with Crippen LogP contribution < -0.4 is 22.1 Å². The maximum atomic E-state index is 13.6. The van der Waals surface area contributed by atoms with Gasteiger partial charge in [0.2, 0.25) is 11.8 Å². The van der Waals surface area contributed by atoms with Gasteiger partial charge in [-0.1, -0.05) is 6.42 Å². The Kier molecular flexibility index (Phi) is 9.45. The van der Waals surface area contributed by atoms with Crippen LogP contribution in [0.5, 0.6) is 0 Å². The van der Waals surface area contributed by atoms with Crippen molar-refractivity contribution in [3.05, 3.63) is 0 Å². The first kappa shape index (κ1) is 27.8. The molecule has 6 atom stereocenters. The lowest BCUT2D eigenvalue weighted by atomic mass is 9.77. The van der Waals surface area contributed by atoms with Gasteiger partial charge in [0.15, 0.2) is 0 Å². The number of nitrogens with one attached hydrogen (secondary N) is 3. The first-order valence-corrected chi connectivity index (χ1v) is 14.4. The van der Waals surface area contributed by atoms with Crippen LogP contribution in [0.25, 0.3) is 0 Å². The van der Waals surface area contributed by atoms with Gasteiger partial charge in [0.25, 0.3) is 0 Å². The molecule has 208 valence electrons. The van der Waals surface area contributed by atoms with Crippen molar-refractivity contribution in [1.82, 2.24) is 15.5 Å². The molecule has 1 aliphatic heterocycles. The molecule has 0 aromatic carbocycles. The van der Waals surface area contributed by atoms with Crippen molar-refractivity contribution in [1.29, 1.82) is 5.41 Å². The average Bonchev–Trinajstić information content (AvgIpc) is 3.23. The Labute approximate surface area is 220 Å². The molecule has 37 heavy (non-hydrogen) atoms. The predicted molar refractivity (Wildman–Crippen MR) is 141 cm³/mol. The average molecular weight is 519 g/mol. The Bertz CT molecular complexity index is 845. The largest absolute Gasteiger partial charge is 0.481 e. The number of aliphatic carboxylic acids is 1. The van der Waals surface area contributed by atoms with Gasteiger partial charge in [0, 0.05) is 43.1 Å². The Morgan fingerprint density at radius 2 is 1.68 bits per heavy atom. The zero-order valence-corrected chi connectivity index (χ0v) is 22.0. The Morgan fingerprint density at radius 1 is 0.919 bits per heavy atom. The monoisotopic (exact) mass is 518 g/mol. The normalized spacial score (nSPS) is 36.4. The third-order valence-electron chi connectivity index (χ3n) is 9.43. The lowest BCUT2D eigenvalue weighted by molar-refractivity contribution is -0.137. The summed E-state index contributed by atoms with van der Waals surface area (Å²) in [5.74, 6) is 0.110. The number of hydrogen-bond donors (Lipinski definition) is 6. The molecule has 4 aliphatic rings. The number of amidine groups is 1. The third kappa shape index (κ3) is 7.22. The Balaban J connectivity index is 1.41. The molecule has 4 fully saturated rings. The minimum atomic E-state index is -0.915. The summed E-state index contributed by atoms with van der Waals surface area (Å²) in [4.78, 5) is 39.5. The quantitative estimate of drug-likeness (QED) is 0.198. The number of carbonyl (C=O) groups excluding carboxylic acids is 2. The van der Waals surface area contributed by atoms with Crippen molar-refractivity contribution in [2.24, 2.45) is 35.1 Å². The molecule has 3 aliphatic carbocycles. The van der Waals surface area contributed by atoms with Gasteiger partial charge >= 0.3 is 5.97 Å². The number of fused-ring (bicyclic) bond motifs is 1. The first-order chi connectivity index (χ1) is 17.7. The summed E-state index contributed by atoms with van der Waals surface area (Å²) in [6.45, 7) is 0.935. The highest BCUT2D eigenvalue weighted by Crippen LogP contribution is 2.43. The van der Waals surface area contributed by atoms with E-state index in [0.29, 0.717) is 11.8 Å². The number of carboxylic acid groups (broad SMARTS) is 1. The number of carbonyl (C=O) groups is 3. The molecule has 10 nitrogen and oxygen atoms in total. The molecule has 10 heteroatoms. The maximum absolute atomic E-state index is 13.6. The van der Waals surface area contributed by atoms with Crippen molar-refractivity contribution in [3.63, 3.8) is 0 Å². The highest BCUT2D eigenvalue weighted by molar-refractivity contribution is 5.83. The Morgan fingerprint density at radius 3 is 2.38 bits per heavy atom. The number of nitrogens with zero attached hydrogens (tertiary/aromatic N) is 1. The van der Waals surface area contributed by atoms with E-state index in [4.69, 9.17) is 22.0 Å². The van der Waals surface area contributed by atoms with Gasteiger partial charge in [0.1, 0.15) is 0 Å². The summed E-state index contributed by atoms with van der Waals surface area (Å²) in [5.41, 5.74) is 12.0. The summed E-state index contributed by atoms with van der Waals surface area (Å²) in [6.07, 6.45) is 10.8. The van der Waals surface area contributed by atoms with Crippen LogP contribution in [-0.2, 0) is 14.4 Å². The van der Waals surface area contributed by atoms with Crippen molar-refractivity contribution < 1.29 is 19.5 Å². The Hall–Kier alpha value is -2.20. The molecule has 1 heterocycles. The molecule has 2 amide bonds. The molecular formula is C27H46N6O4. The van der Waals surface area contributed by atoms with Gasteiger partial charge in [-0.3, -0.25) is 24.7 Å². The molecule has 8 N–H and O–H groups in total. The molecule has 0 radical (unpaired) electrons. The van der Waals surface area contributed by atoms with E-state index >= 15 is 0 Å². The summed E-state index contributed by atoms with van der Waals surface area (Å²) in [5, 5.41) is 23.0. The summed E-state index contributed by atoms with van der Waals surface area (Å²) in [7, 11) is 0. The van der Waals surface area contributed by atoms with Crippen LogP contribution >= 0.6 is 0 Å². The molecule has 0 bridgehead atoms. The lowest BCUT2D eigenvalue weighted by Crippen LogP contribution is -2.52. The second-order valence-corrected chi connectivity index (χ2v) is 12.0. The molecule has 6 unspecified atom stereocenters. The van der Waals surface area contributed by atoms with Crippen LogP contribution in [0.3, 0.4) is 0 Å². The minimum Gasteiger partial charge on any atom is -0.481 e.